The number of ether oxygens (including phenoxy) is 2. The number of carbonyl (C=O) groups is 3. The molecule has 0 aliphatic rings. The Labute approximate surface area is 190 Å². The smallest absolute Gasteiger partial charge is 0.341 e. The number of hydrogen-bond acceptors (Lipinski definition) is 6. The van der Waals surface area contributed by atoms with E-state index >= 15 is 0 Å². The molecule has 1 atom stereocenters. The number of hydrogen-bond donors (Lipinski definition) is 2. The zero-order chi connectivity index (χ0) is 22.8. The molecule has 2 rings (SSSR count). The van der Waals surface area contributed by atoms with Crippen LogP contribution in [-0.2, 0) is 16.1 Å². The lowest BCUT2D eigenvalue weighted by Gasteiger charge is -2.19. The van der Waals surface area contributed by atoms with Gasteiger partial charge in [0.1, 0.15) is 17.4 Å². The molecule has 2 amide bonds. The zero-order valence-corrected chi connectivity index (χ0v) is 19.1. The Hall–Kier alpha value is -2.71. The summed E-state index contributed by atoms with van der Waals surface area (Å²) in [5.41, 5.74) is 1.27. The Morgan fingerprint density at radius 2 is 1.84 bits per heavy atom. The van der Waals surface area contributed by atoms with Crippen LogP contribution >= 0.6 is 23.4 Å². The van der Waals surface area contributed by atoms with Crippen LogP contribution in [0.2, 0.25) is 5.02 Å². The molecule has 0 radical (unpaired) electrons. The van der Waals surface area contributed by atoms with Crippen LogP contribution in [0.4, 0.5) is 0 Å². The van der Waals surface area contributed by atoms with Gasteiger partial charge in [0.05, 0.1) is 24.8 Å². The van der Waals surface area contributed by atoms with Gasteiger partial charge in [0.2, 0.25) is 5.91 Å². The first-order valence-electron chi connectivity index (χ1n) is 9.48. The van der Waals surface area contributed by atoms with Gasteiger partial charge in [-0.05, 0) is 48.3 Å². The molecular weight excluding hydrogens is 440 g/mol. The molecule has 166 valence electrons. The standard InChI is InChI=1S/C22H25ClN2O5S/c1-29-19-9-8-14(12-16(19)22(28)30-2)13-24-21(27)18(10-11-31-3)25-20(26)15-6-4-5-7-17(15)23/h4-9,12,18H,10-11,13H2,1-3H3,(H,24,27)(H,25,26)/t18-/m0/s1. The van der Waals surface area contributed by atoms with E-state index in [9.17, 15) is 14.4 Å². The molecular formula is C22H25ClN2O5S. The number of nitrogens with one attached hydrogen (secondary N) is 2. The van der Waals surface area contributed by atoms with Crippen molar-refractivity contribution >= 4 is 41.1 Å². The summed E-state index contributed by atoms with van der Waals surface area (Å²) in [6.45, 7) is 0.171. The summed E-state index contributed by atoms with van der Waals surface area (Å²) in [5.74, 6) is -0.202. The van der Waals surface area contributed by atoms with Gasteiger partial charge < -0.3 is 20.1 Å². The van der Waals surface area contributed by atoms with E-state index in [0.717, 1.165) is 0 Å². The predicted octanol–water partition coefficient (Wildman–Crippen LogP) is 3.30. The Kier molecular flexibility index (Phi) is 9.68. The summed E-state index contributed by atoms with van der Waals surface area (Å²) in [4.78, 5) is 37.3. The van der Waals surface area contributed by atoms with Crippen LogP contribution in [0.1, 0.15) is 32.7 Å². The molecule has 31 heavy (non-hydrogen) atoms. The first-order chi connectivity index (χ1) is 14.9. The van der Waals surface area contributed by atoms with E-state index in [1.54, 1.807) is 54.2 Å². The van der Waals surface area contributed by atoms with Crippen LogP contribution < -0.4 is 15.4 Å². The average Bonchev–Trinajstić information content (AvgIpc) is 2.79. The number of amides is 2. The van der Waals surface area contributed by atoms with Crippen LogP contribution in [0.3, 0.4) is 0 Å². The minimum atomic E-state index is -0.727. The Bertz CT molecular complexity index is 938. The molecule has 0 saturated heterocycles. The first kappa shape index (κ1) is 24.6. The van der Waals surface area contributed by atoms with E-state index in [1.807, 2.05) is 6.26 Å². The highest BCUT2D eigenvalue weighted by atomic mass is 35.5. The number of benzene rings is 2. The fourth-order valence-corrected chi connectivity index (χ4v) is 3.53. The number of rotatable bonds is 10. The van der Waals surface area contributed by atoms with Crippen molar-refractivity contribution in [1.82, 2.24) is 10.6 Å². The van der Waals surface area contributed by atoms with Gasteiger partial charge in [-0.25, -0.2) is 4.79 Å². The van der Waals surface area contributed by atoms with Gasteiger partial charge >= 0.3 is 5.97 Å². The van der Waals surface area contributed by atoms with Crippen LogP contribution in [0.5, 0.6) is 5.75 Å². The average molecular weight is 465 g/mol. The second-order valence-electron chi connectivity index (χ2n) is 6.53. The monoisotopic (exact) mass is 464 g/mol. The second-order valence-corrected chi connectivity index (χ2v) is 7.92. The van der Waals surface area contributed by atoms with Crippen LogP contribution in [0.25, 0.3) is 0 Å². The third-order valence-corrected chi connectivity index (χ3v) is 5.46. The van der Waals surface area contributed by atoms with Crippen LogP contribution in [0.15, 0.2) is 42.5 Å². The van der Waals surface area contributed by atoms with Gasteiger partial charge in [-0.2, -0.15) is 11.8 Å². The van der Waals surface area contributed by atoms with E-state index in [2.05, 4.69) is 10.6 Å². The fourth-order valence-electron chi connectivity index (χ4n) is 2.83. The summed E-state index contributed by atoms with van der Waals surface area (Å²) < 4.78 is 9.95. The van der Waals surface area contributed by atoms with E-state index < -0.39 is 17.9 Å². The number of carbonyl (C=O) groups excluding carboxylic acids is 3. The topological polar surface area (TPSA) is 93.7 Å². The third-order valence-electron chi connectivity index (χ3n) is 4.49. The summed E-state index contributed by atoms with van der Waals surface area (Å²) >= 11 is 7.67. The van der Waals surface area contributed by atoms with Crippen molar-refractivity contribution in [3.63, 3.8) is 0 Å². The van der Waals surface area contributed by atoms with Crippen molar-refractivity contribution in [2.45, 2.75) is 19.0 Å². The number of halogens is 1. The Morgan fingerprint density at radius 1 is 1.10 bits per heavy atom. The first-order valence-corrected chi connectivity index (χ1v) is 11.3. The molecule has 2 N–H and O–H groups in total. The van der Waals surface area contributed by atoms with E-state index in [0.29, 0.717) is 34.1 Å². The molecule has 2 aromatic carbocycles. The minimum Gasteiger partial charge on any atom is -0.496 e. The minimum absolute atomic E-state index is 0.171. The SMILES string of the molecule is COC(=O)c1cc(CNC(=O)[C@H](CCSC)NC(=O)c2ccccc2Cl)ccc1OC. The van der Waals surface area contributed by atoms with Crippen LogP contribution in [0, 0.1) is 0 Å². The predicted molar refractivity (Wildman–Crippen MR) is 122 cm³/mol. The molecule has 0 aliphatic heterocycles. The molecule has 0 aromatic heterocycles. The van der Waals surface area contributed by atoms with Crippen molar-refractivity contribution in [2.75, 3.05) is 26.2 Å². The lowest BCUT2D eigenvalue weighted by atomic mass is 10.1. The Morgan fingerprint density at radius 3 is 2.48 bits per heavy atom. The van der Waals surface area contributed by atoms with E-state index in [-0.39, 0.29) is 18.0 Å². The lowest BCUT2D eigenvalue weighted by Crippen LogP contribution is -2.47. The molecule has 0 fully saturated rings. The van der Waals surface area contributed by atoms with Crippen molar-refractivity contribution in [2.24, 2.45) is 0 Å². The highest BCUT2D eigenvalue weighted by molar-refractivity contribution is 7.98. The van der Waals surface area contributed by atoms with Crippen molar-refractivity contribution in [3.8, 4) is 5.75 Å². The highest BCUT2D eigenvalue weighted by Gasteiger charge is 2.22. The maximum absolute atomic E-state index is 12.8. The number of esters is 1. The van der Waals surface area contributed by atoms with Gasteiger partial charge in [-0.3, -0.25) is 9.59 Å². The van der Waals surface area contributed by atoms with Gasteiger partial charge in [0, 0.05) is 6.54 Å². The molecule has 0 unspecified atom stereocenters. The zero-order valence-electron chi connectivity index (χ0n) is 17.6. The second kappa shape index (κ2) is 12.2. The molecule has 0 spiro atoms. The largest absolute Gasteiger partial charge is 0.496 e. The molecule has 0 saturated carbocycles. The number of thioether (sulfide) groups is 1. The molecule has 0 heterocycles. The van der Waals surface area contributed by atoms with Gasteiger partial charge in [0.25, 0.3) is 5.91 Å². The van der Waals surface area contributed by atoms with Gasteiger partial charge in [-0.15, -0.1) is 0 Å². The van der Waals surface area contributed by atoms with Gasteiger partial charge in [0.15, 0.2) is 0 Å². The molecule has 0 bridgehead atoms. The van der Waals surface area contributed by atoms with E-state index in [4.69, 9.17) is 21.1 Å². The number of methoxy groups -OCH3 is 2. The molecule has 0 aliphatic carbocycles. The highest BCUT2D eigenvalue weighted by Crippen LogP contribution is 2.21. The summed E-state index contributed by atoms with van der Waals surface area (Å²) in [6.07, 6.45) is 2.38. The quantitative estimate of drug-likeness (QED) is 0.524. The Balaban J connectivity index is 2.09. The lowest BCUT2D eigenvalue weighted by molar-refractivity contribution is -0.123. The van der Waals surface area contributed by atoms with Crippen LogP contribution in [-0.4, -0.2) is 50.1 Å². The van der Waals surface area contributed by atoms with Gasteiger partial charge in [-0.1, -0.05) is 29.8 Å². The maximum atomic E-state index is 12.8. The normalized spacial score (nSPS) is 11.4. The van der Waals surface area contributed by atoms with Crippen molar-refractivity contribution in [1.29, 1.82) is 0 Å². The molecule has 9 heteroatoms. The molecule has 7 nitrogen and oxygen atoms in total. The molecule has 2 aromatic rings. The van der Waals surface area contributed by atoms with Crippen molar-refractivity contribution < 1.29 is 23.9 Å². The summed E-state index contributed by atoms with van der Waals surface area (Å²) in [5, 5.41) is 5.89. The van der Waals surface area contributed by atoms with Crippen molar-refractivity contribution in [3.05, 3.63) is 64.2 Å². The third kappa shape index (κ3) is 6.90. The fraction of sp³-hybridized carbons (Fsp3) is 0.318. The van der Waals surface area contributed by atoms with E-state index in [1.165, 1.54) is 14.2 Å². The summed E-state index contributed by atoms with van der Waals surface area (Å²) in [6, 6.07) is 10.9. The maximum Gasteiger partial charge on any atom is 0.341 e. The summed E-state index contributed by atoms with van der Waals surface area (Å²) in [7, 11) is 2.75.